The molecule has 1 heterocycles. The Bertz CT molecular complexity index is 640. The molecule has 0 amide bonds. The Hall–Kier alpha value is -1.92. The lowest BCUT2D eigenvalue weighted by atomic mass is 10.2. The van der Waals surface area contributed by atoms with E-state index in [2.05, 4.69) is 52.0 Å². The van der Waals surface area contributed by atoms with Gasteiger partial charge in [-0.1, -0.05) is 44.2 Å². The van der Waals surface area contributed by atoms with E-state index in [0.29, 0.717) is 12.5 Å². The molecule has 136 valence electrons. The van der Waals surface area contributed by atoms with Gasteiger partial charge in [0.15, 0.2) is 5.96 Å². The summed E-state index contributed by atoms with van der Waals surface area (Å²) in [5.74, 6) is 1.38. The van der Waals surface area contributed by atoms with E-state index in [1.165, 1.54) is 0 Å². The molecule has 0 spiro atoms. The van der Waals surface area contributed by atoms with E-state index in [1.807, 2.05) is 18.2 Å². The molecule has 0 aliphatic heterocycles. The van der Waals surface area contributed by atoms with Crippen molar-refractivity contribution in [3.8, 4) is 11.3 Å². The monoisotopic (exact) mass is 360 g/mol. The summed E-state index contributed by atoms with van der Waals surface area (Å²) in [7, 11) is 1.78. The van der Waals surface area contributed by atoms with Crippen LogP contribution in [-0.2, 0) is 11.3 Å². The van der Waals surface area contributed by atoms with E-state index in [4.69, 9.17) is 4.74 Å². The average molecular weight is 361 g/mol. The maximum Gasteiger partial charge on any atom is 0.191 e. The number of hydrogen-bond donors (Lipinski definition) is 2. The van der Waals surface area contributed by atoms with Gasteiger partial charge in [-0.3, -0.25) is 4.99 Å². The van der Waals surface area contributed by atoms with E-state index in [9.17, 15) is 0 Å². The van der Waals surface area contributed by atoms with Gasteiger partial charge in [-0.05, 0) is 12.3 Å². The third-order valence-corrected chi connectivity index (χ3v) is 4.31. The van der Waals surface area contributed by atoms with Gasteiger partial charge in [0.1, 0.15) is 5.01 Å². The van der Waals surface area contributed by atoms with Crippen LogP contribution >= 0.6 is 11.3 Å². The minimum Gasteiger partial charge on any atom is -0.381 e. The smallest absolute Gasteiger partial charge is 0.191 e. The quantitative estimate of drug-likeness (QED) is 0.408. The van der Waals surface area contributed by atoms with Gasteiger partial charge in [0.05, 0.1) is 12.2 Å². The van der Waals surface area contributed by atoms with Gasteiger partial charge in [-0.2, -0.15) is 0 Å². The molecule has 25 heavy (non-hydrogen) atoms. The summed E-state index contributed by atoms with van der Waals surface area (Å²) in [6.45, 7) is 7.42. The highest BCUT2D eigenvalue weighted by molar-refractivity contribution is 7.09. The minimum atomic E-state index is 0.585. The third kappa shape index (κ3) is 7.23. The third-order valence-electron chi connectivity index (χ3n) is 3.46. The van der Waals surface area contributed by atoms with Crippen molar-refractivity contribution in [2.24, 2.45) is 10.9 Å². The van der Waals surface area contributed by atoms with Crippen molar-refractivity contribution < 1.29 is 4.74 Å². The fourth-order valence-electron chi connectivity index (χ4n) is 2.21. The summed E-state index contributed by atoms with van der Waals surface area (Å²) < 4.78 is 5.58. The molecule has 5 nitrogen and oxygen atoms in total. The molecule has 0 aliphatic carbocycles. The molecule has 2 rings (SSSR count). The number of thiazole rings is 1. The average Bonchev–Trinajstić information content (AvgIpc) is 3.10. The van der Waals surface area contributed by atoms with Crippen LogP contribution in [0.25, 0.3) is 11.3 Å². The minimum absolute atomic E-state index is 0.585. The molecule has 1 aromatic carbocycles. The highest BCUT2D eigenvalue weighted by Crippen LogP contribution is 2.21. The Morgan fingerprint density at radius 2 is 2.04 bits per heavy atom. The van der Waals surface area contributed by atoms with Crippen molar-refractivity contribution >= 4 is 17.3 Å². The molecule has 0 fully saturated rings. The molecular weight excluding hydrogens is 332 g/mol. The zero-order chi connectivity index (χ0) is 17.9. The van der Waals surface area contributed by atoms with Crippen LogP contribution in [0, 0.1) is 5.92 Å². The Kier molecular flexibility index (Phi) is 8.42. The number of benzene rings is 1. The fourth-order valence-corrected chi connectivity index (χ4v) is 2.96. The van der Waals surface area contributed by atoms with Gasteiger partial charge in [0.2, 0.25) is 0 Å². The van der Waals surface area contributed by atoms with E-state index in [-0.39, 0.29) is 0 Å². The van der Waals surface area contributed by atoms with Crippen molar-refractivity contribution in [1.82, 2.24) is 15.6 Å². The van der Waals surface area contributed by atoms with Crippen LogP contribution in [0.4, 0.5) is 0 Å². The Labute approximate surface area is 154 Å². The van der Waals surface area contributed by atoms with Gasteiger partial charge in [0.25, 0.3) is 0 Å². The predicted molar refractivity (Wildman–Crippen MR) is 106 cm³/mol. The molecule has 0 aliphatic rings. The number of nitrogens with one attached hydrogen (secondary N) is 2. The Balaban J connectivity index is 1.70. The molecule has 0 radical (unpaired) electrons. The Morgan fingerprint density at radius 3 is 2.76 bits per heavy atom. The molecule has 0 unspecified atom stereocenters. The lowest BCUT2D eigenvalue weighted by Crippen LogP contribution is -2.37. The van der Waals surface area contributed by atoms with E-state index < -0.39 is 0 Å². The summed E-state index contributed by atoms with van der Waals surface area (Å²) in [6.07, 6.45) is 0.961. The van der Waals surface area contributed by atoms with Crippen LogP contribution in [0.1, 0.15) is 25.3 Å². The first kappa shape index (κ1) is 19.4. The van der Waals surface area contributed by atoms with E-state index in [1.54, 1.807) is 18.4 Å². The lowest BCUT2D eigenvalue weighted by molar-refractivity contribution is 0.108. The van der Waals surface area contributed by atoms with Gasteiger partial charge in [-0.25, -0.2) is 4.98 Å². The van der Waals surface area contributed by atoms with E-state index >= 15 is 0 Å². The predicted octanol–water partition coefficient (Wildman–Crippen LogP) is 3.54. The molecule has 6 heteroatoms. The molecule has 0 atom stereocenters. The lowest BCUT2D eigenvalue weighted by Gasteiger charge is -2.11. The Morgan fingerprint density at radius 1 is 1.24 bits per heavy atom. The van der Waals surface area contributed by atoms with Crippen molar-refractivity contribution in [2.45, 2.75) is 26.8 Å². The zero-order valence-corrected chi connectivity index (χ0v) is 16.1. The SMILES string of the molecule is CN=C(NCCCOCC(C)C)NCc1nc(-c2ccccc2)cs1. The van der Waals surface area contributed by atoms with Gasteiger partial charge < -0.3 is 15.4 Å². The highest BCUT2D eigenvalue weighted by atomic mass is 32.1. The topological polar surface area (TPSA) is 58.5 Å². The van der Waals surface area contributed by atoms with Crippen LogP contribution in [0.2, 0.25) is 0 Å². The standard InChI is InChI=1S/C19H28N4OS/c1-15(2)13-24-11-7-10-21-19(20-3)22-12-18-23-17(14-25-18)16-8-5-4-6-9-16/h4-6,8-9,14-15H,7,10-13H2,1-3H3,(H2,20,21,22). The molecule has 0 bridgehead atoms. The van der Waals surface area contributed by atoms with Crippen LogP contribution in [0.3, 0.4) is 0 Å². The zero-order valence-electron chi connectivity index (χ0n) is 15.3. The van der Waals surface area contributed by atoms with Gasteiger partial charge in [-0.15, -0.1) is 11.3 Å². The first-order valence-electron chi connectivity index (χ1n) is 8.71. The van der Waals surface area contributed by atoms with Crippen LogP contribution in [0.15, 0.2) is 40.7 Å². The molecule has 0 saturated heterocycles. The number of aliphatic imine (C=N–C) groups is 1. The number of rotatable bonds is 9. The summed E-state index contributed by atoms with van der Waals surface area (Å²) in [4.78, 5) is 8.92. The second-order valence-electron chi connectivity index (χ2n) is 6.17. The number of hydrogen-bond acceptors (Lipinski definition) is 4. The number of guanidine groups is 1. The second-order valence-corrected chi connectivity index (χ2v) is 7.11. The van der Waals surface area contributed by atoms with Crippen LogP contribution in [-0.4, -0.2) is 37.7 Å². The normalized spacial score (nSPS) is 11.8. The van der Waals surface area contributed by atoms with Crippen molar-refractivity contribution in [2.75, 3.05) is 26.8 Å². The maximum absolute atomic E-state index is 5.58. The largest absolute Gasteiger partial charge is 0.381 e. The van der Waals surface area contributed by atoms with Crippen molar-refractivity contribution in [1.29, 1.82) is 0 Å². The van der Waals surface area contributed by atoms with Crippen LogP contribution in [0.5, 0.6) is 0 Å². The van der Waals surface area contributed by atoms with Gasteiger partial charge in [0, 0.05) is 37.7 Å². The molecule has 2 N–H and O–H groups in total. The molecule has 2 aromatic rings. The van der Waals surface area contributed by atoms with Crippen molar-refractivity contribution in [3.63, 3.8) is 0 Å². The second kappa shape index (κ2) is 10.8. The van der Waals surface area contributed by atoms with E-state index in [0.717, 1.165) is 48.4 Å². The highest BCUT2D eigenvalue weighted by Gasteiger charge is 2.05. The first-order valence-corrected chi connectivity index (χ1v) is 9.59. The van der Waals surface area contributed by atoms with Gasteiger partial charge >= 0.3 is 0 Å². The summed E-state index contributed by atoms with van der Waals surface area (Å²) in [5, 5.41) is 9.74. The fraction of sp³-hybridized carbons (Fsp3) is 0.474. The van der Waals surface area contributed by atoms with Crippen LogP contribution < -0.4 is 10.6 Å². The maximum atomic E-state index is 5.58. The molecule has 1 aromatic heterocycles. The number of nitrogens with zero attached hydrogens (tertiary/aromatic N) is 2. The molecular formula is C19H28N4OS. The van der Waals surface area contributed by atoms with Crippen molar-refractivity contribution in [3.05, 3.63) is 40.7 Å². The number of ether oxygens (including phenoxy) is 1. The molecule has 0 saturated carbocycles. The summed E-state index contributed by atoms with van der Waals surface area (Å²) in [6, 6.07) is 10.2. The summed E-state index contributed by atoms with van der Waals surface area (Å²) in [5.41, 5.74) is 2.17. The summed E-state index contributed by atoms with van der Waals surface area (Å²) >= 11 is 1.66. The first-order chi connectivity index (χ1) is 12.2. The number of aromatic nitrogens is 1.